The molecule has 0 heterocycles. The lowest BCUT2D eigenvalue weighted by Crippen LogP contribution is -2.18. The van der Waals surface area contributed by atoms with Gasteiger partial charge in [-0.3, -0.25) is 10.1 Å². The van der Waals surface area contributed by atoms with Gasteiger partial charge in [0, 0.05) is 4.92 Å². The van der Waals surface area contributed by atoms with Crippen LogP contribution < -0.4 is 0 Å². The standard InChI is InChI=1S/C9H7F3NO2/c1-6(9(10,11)12)7-3-2-4-8(5-7)13(14)15/h2-5H,1H3/q-1. The van der Waals surface area contributed by atoms with Crippen molar-refractivity contribution in [2.24, 2.45) is 0 Å². The normalized spacial score (nSPS) is 11.2. The highest BCUT2D eigenvalue weighted by Gasteiger charge is 2.30. The van der Waals surface area contributed by atoms with E-state index in [9.17, 15) is 23.3 Å². The first-order valence-electron chi connectivity index (χ1n) is 3.98. The Labute approximate surface area is 83.7 Å². The zero-order valence-electron chi connectivity index (χ0n) is 7.71. The van der Waals surface area contributed by atoms with E-state index >= 15 is 0 Å². The molecule has 0 aliphatic heterocycles. The lowest BCUT2D eigenvalue weighted by atomic mass is 10.0. The summed E-state index contributed by atoms with van der Waals surface area (Å²) in [6.45, 7) is 0.888. The molecule has 0 aliphatic carbocycles. The third-order valence-electron chi connectivity index (χ3n) is 1.92. The Morgan fingerprint density at radius 2 is 2.00 bits per heavy atom. The summed E-state index contributed by atoms with van der Waals surface area (Å²) in [6, 6.07) is 4.47. The Morgan fingerprint density at radius 1 is 1.40 bits per heavy atom. The van der Waals surface area contributed by atoms with Gasteiger partial charge in [-0.05, 0) is 6.07 Å². The first-order valence-corrected chi connectivity index (χ1v) is 3.98. The van der Waals surface area contributed by atoms with E-state index in [0.29, 0.717) is 0 Å². The smallest absolute Gasteiger partial charge is 0.259 e. The number of hydrogen-bond acceptors (Lipinski definition) is 2. The summed E-state index contributed by atoms with van der Waals surface area (Å²) in [7, 11) is 0. The fraction of sp³-hybridized carbons (Fsp3) is 0.222. The number of non-ortho nitro benzene ring substituents is 1. The van der Waals surface area contributed by atoms with Gasteiger partial charge in [-0.15, -0.1) is 6.07 Å². The molecule has 3 nitrogen and oxygen atoms in total. The van der Waals surface area contributed by atoms with Crippen LogP contribution in [0.5, 0.6) is 0 Å². The van der Waals surface area contributed by atoms with E-state index in [1.165, 1.54) is 12.1 Å². The number of hydrogen-bond donors (Lipinski definition) is 0. The summed E-state index contributed by atoms with van der Waals surface area (Å²) < 4.78 is 36.8. The number of rotatable bonds is 2. The van der Waals surface area contributed by atoms with Crippen molar-refractivity contribution in [3.63, 3.8) is 0 Å². The second-order valence-electron chi connectivity index (χ2n) is 2.93. The second-order valence-corrected chi connectivity index (χ2v) is 2.93. The van der Waals surface area contributed by atoms with Crippen LogP contribution in [0.4, 0.5) is 18.9 Å². The van der Waals surface area contributed by atoms with Crippen molar-refractivity contribution in [3.8, 4) is 0 Å². The highest BCUT2D eigenvalue weighted by molar-refractivity contribution is 5.41. The fourth-order valence-corrected chi connectivity index (χ4v) is 1.02. The van der Waals surface area contributed by atoms with Crippen LogP contribution in [0.2, 0.25) is 0 Å². The topological polar surface area (TPSA) is 43.1 Å². The van der Waals surface area contributed by atoms with Crippen LogP contribution in [-0.2, 0) is 0 Å². The number of halogens is 3. The molecule has 0 radical (unpaired) electrons. The van der Waals surface area contributed by atoms with Gasteiger partial charge in [-0.25, -0.2) is 0 Å². The van der Waals surface area contributed by atoms with E-state index in [1.54, 1.807) is 0 Å². The van der Waals surface area contributed by atoms with Crippen LogP contribution in [0.15, 0.2) is 24.3 Å². The Kier molecular flexibility index (Phi) is 2.88. The van der Waals surface area contributed by atoms with Crippen LogP contribution in [0.3, 0.4) is 0 Å². The maximum absolute atomic E-state index is 12.3. The maximum Gasteiger partial charge on any atom is 0.367 e. The molecule has 15 heavy (non-hydrogen) atoms. The van der Waals surface area contributed by atoms with Crippen molar-refractivity contribution in [1.29, 1.82) is 0 Å². The van der Waals surface area contributed by atoms with Crippen molar-refractivity contribution in [2.45, 2.75) is 13.1 Å². The molecule has 1 aromatic carbocycles. The molecule has 0 N–H and O–H groups in total. The van der Waals surface area contributed by atoms with Gasteiger partial charge < -0.3 is 0 Å². The average Bonchev–Trinajstić information content (AvgIpc) is 2.15. The molecule has 0 fully saturated rings. The zero-order valence-corrected chi connectivity index (χ0v) is 7.71. The van der Waals surface area contributed by atoms with Crippen LogP contribution in [0.1, 0.15) is 12.5 Å². The largest absolute Gasteiger partial charge is 0.367 e. The van der Waals surface area contributed by atoms with Gasteiger partial charge in [0.15, 0.2) is 0 Å². The van der Waals surface area contributed by atoms with E-state index in [1.807, 2.05) is 0 Å². The quantitative estimate of drug-likeness (QED) is 0.435. The molecular weight excluding hydrogens is 211 g/mol. The van der Waals surface area contributed by atoms with Gasteiger partial charge in [-0.1, -0.05) is 18.9 Å². The van der Waals surface area contributed by atoms with Gasteiger partial charge in [-0.2, -0.15) is 24.8 Å². The number of nitro groups is 1. The third-order valence-corrected chi connectivity index (χ3v) is 1.92. The van der Waals surface area contributed by atoms with Crippen LogP contribution in [0.25, 0.3) is 0 Å². The highest BCUT2D eigenvalue weighted by atomic mass is 19.4. The SMILES string of the molecule is C[C-](c1cccc([N+](=O)[O-])c1)C(F)(F)F. The van der Waals surface area contributed by atoms with Gasteiger partial charge in [0.05, 0.1) is 0 Å². The van der Waals surface area contributed by atoms with E-state index in [4.69, 9.17) is 0 Å². The first kappa shape index (κ1) is 11.4. The second kappa shape index (κ2) is 3.80. The highest BCUT2D eigenvalue weighted by Crippen LogP contribution is 2.34. The fourth-order valence-electron chi connectivity index (χ4n) is 1.02. The summed E-state index contributed by atoms with van der Waals surface area (Å²) in [5.41, 5.74) is -0.534. The molecule has 0 saturated heterocycles. The molecule has 0 aromatic heterocycles. The number of nitrogens with zero attached hydrogens (tertiary/aromatic N) is 1. The van der Waals surface area contributed by atoms with Crippen molar-refractivity contribution in [2.75, 3.05) is 0 Å². The third kappa shape index (κ3) is 2.61. The van der Waals surface area contributed by atoms with Gasteiger partial charge in [0.2, 0.25) is 5.69 Å². The number of nitro benzene ring substituents is 1. The first-order chi connectivity index (χ1) is 6.82. The maximum atomic E-state index is 12.3. The van der Waals surface area contributed by atoms with E-state index in [2.05, 4.69) is 0 Å². The molecule has 0 amide bonds. The van der Waals surface area contributed by atoms with Crippen molar-refractivity contribution in [1.82, 2.24) is 0 Å². The molecule has 6 heteroatoms. The van der Waals surface area contributed by atoms with E-state index < -0.39 is 17.0 Å². The number of benzene rings is 1. The predicted octanol–water partition coefficient (Wildman–Crippen LogP) is 3.10. The summed E-state index contributed by atoms with van der Waals surface area (Å²) in [5, 5.41) is 10.3. The van der Waals surface area contributed by atoms with Crippen molar-refractivity contribution < 1.29 is 18.1 Å². The Bertz CT molecular complexity index is 376. The minimum atomic E-state index is -4.46. The van der Waals surface area contributed by atoms with Crippen LogP contribution in [0, 0.1) is 16.0 Å². The average molecular weight is 218 g/mol. The van der Waals surface area contributed by atoms with E-state index in [-0.39, 0.29) is 11.3 Å². The molecule has 0 unspecified atom stereocenters. The van der Waals surface area contributed by atoms with Crippen molar-refractivity contribution >= 4 is 5.69 Å². The lowest BCUT2D eigenvalue weighted by Gasteiger charge is -2.23. The molecule has 0 aliphatic rings. The molecule has 82 valence electrons. The van der Waals surface area contributed by atoms with Gasteiger partial charge in [0.25, 0.3) is 0 Å². The molecule has 0 spiro atoms. The summed E-state index contributed by atoms with van der Waals surface area (Å²) >= 11 is 0. The number of alkyl halides is 3. The Morgan fingerprint density at radius 3 is 2.47 bits per heavy atom. The Balaban J connectivity index is 3.06. The zero-order chi connectivity index (χ0) is 11.6. The minimum absolute atomic E-state index is 0.184. The lowest BCUT2D eigenvalue weighted by molar-refractivity contribution is -0.384. The van der Waals surface area contributed by atoms with Gasteiger partial charge in [0.1, 0.15) is 0 Å². The Hall–Kier alpha value is -1.72. The summed E-state index contributed by atoms with van der Waals surface area (Å²) in [6.07, 6.45) is -4.46. The summed E-state index contributed by atoms with van der Waals surface area (Å²) in [4.78, 5) is 9.61. The molecule has 0 bridgehead atoms. The molecule has 1 aromatic rings. The van der Waals surface area contributed by atoms with Crippen LogP contribution in [-0.4, -0.2) is 11.1 Å². The molecular formula is C9H7F3NO2-. The van der Waals surface area contributed by atoms with Gasteiger partial charge >= 0.3 is 6.18 Å². The van der Waals surface area contributed by atoms with E-state index in [0.717, 1.165) is 19.1 Å². The van der Waals surface area contributed by atoms with Crippen molar-refractivity contribution in [3.05, 3.63) is 45.9 Å². The predicted molar refractivity (Wildman–Crippen MR) is 47.2 cm³/mol. The minimum Gasteiger partial charge on any atom is -0.259 e. The molecule has 0 saturated carbocycles. The molecule has 0 atom stereocenters. The molecule has 1 rings (SSSR count). The van der Waals surface area contributed by atoms with Crippen LogP contribution >= 0.6 is 0 Å². The summed E-state index contributed by atoms with van der Waals surface area (Å²) in [5.74, 6) is -0.841. The monoisotopic (exact) mass is 218 g/mol.